The molecule has 3 nitrogen and oxygen atoms in total. The van der Waals surface area contributed by atoms with E-state index in [0.29, 0.717) is 11.1 Å². The van der Waals surface area contributed by atoms with Crippen LogP contribution in [-0.4, -0.2) is 45.0 Å². The highest BCUT2D eigenvalue weighted by molar-refractivity contribution is 8.06. The summed E-state index contributed by atoms with van der Waals surface area (Å²) in [5.41, 5.74) is 2.19. The second kappa shape index (κ2) is 7.16. The van der Waals surface area contributed by atoms with Gasteiger partial charge in [0.25, 0.3) is 0 Å². The number of methoxy groups -OCH3 is 1. The van der Waals surface area contributed by atoms with Gasteiger partial charge in [-0.2, -0.15) is 23.5 Å². The Morgan fingerprint density at radius 3 is 3.05 bits per heavy atom. The molecule has 0 spiro atoms. The summed E-state index contributed by atoms with van der Waals surface area (Å²) in [6, 6.07) is 6.12. The predicted molar refractivity (Wildman–Crippen MR) is 94.3 cm³/mol. The smallest absolute Gasteiger partial charge is 0.121 e. The highest BCUT2D eigenvalue weighted by atomic mass is 35.5. The van der Waals surface area contributed by atoms with Gasteiger partial charge in [-0.3, -0.25) is 0 Å². The maximum Gasteiger partial charge on any atom is 0.121 e. The first-order chi connectivity index (χ1) is 10.3. The first-order valence-electron chi connectivity index (χ1n) is 7.10. The molecule has 1 fully saturated rings. The molecule has 1 atom stereocenters. The molecule has 1 saturated heterocycles. The number of benzene rings is 1. The van der Waals surface area contributed by atoms with Crippen molar-refractivity contribution in [3.05, 3.63) is 24.0 Å². The SMILES string of the molecule is COc1ccc2c(c1)nc(CCCl)n2CC1CSCCS1. The van der Waals surface area contributed by atoms with Crippen LogP contribution in [0.3, 0.4) is 0 Å². The standard InChI is InChI=1S/C15H19ClN2OS2/c1-19-11-2-3-14-13(8-11)17-15(4-5-16)18(14)9-12-10-20-6-7-21-12/h2-3,8,12H,4-7,9-10H2,1H3. The van der Waals surface area contributed by atoms with Crippen LogP contribution in [0.5, 0.6) is 5.75 Å². The minimum atomic E-state index is 0.604. The van der Waals surface area contributed by atoms with Crippen LogP contribution in [-0.2, 0) is 13.0 Å². The second-order valence-corrected chi connectivity index (χ2v) is 7.94. The van der Waals surface area contributed by atoms with E-state index in [4.69, 9.17) is 21.3 Å². The van der Waals surface area contributed by atoms with Crippen molar-refractivity contribution in [1.29, 1.82) is 0 Å². The van der Waals surface area contributed by atoms with Crippen molar-refractivity contribution in [2.45, 2.75) is 18.2 Å². The number of alkyl halides is 1. The lowest BCUT2D eigenvalue weighted by molar-refractivity contribution is 0.415. The number of halogens is 1. The number of aromatic nitrogens is 2. The molecule has 0 N–H and O–H groups in total. The van der Waals surface area contributed by atoms with Gasteiger partial charge in [-0.25, -0.2) is 4.98 Å². The number of imidazole rings is 1. The van der Waals surface area contributed by atoms with Crippen LogP contribution in [0.2, 0.25) is 0 Å². The summed E-state index contributed by atoms with van der Waals surface area (Å²) in [6.45, 7) is 1.02. The van der Waals surface area contributed by atoms with E-state index in [0.717, 1.165) is 30.1 Å². The third-order valence-corrected chi connectivity index (χ3v) is 6.64. The minimum Gasteiger partial charge on any atom is -0.497 e. The molecule has 1 aromatic heterocycles. The van der Waals surface area contributed by atoms with E-state index in [9.17, 15) is 0 Å². The van der Waals surface area contributed by atoms with Crippen molar-refractivity contribution in [2.75, 3.05) is 30.2 Å². The highest BCUT2D eigenvalue weighted by Gasteiger charge is 2.19. The van der Waals surface area contributed by atoms with Crippen molar-refractivity contribution < 1.29 is 4.74 Å². The molecule has 0 radical (unpaired) electrons. The molecule has 114 valence electrons. The number of rotatable bonds is 5. The average Bonchev–Trinajstić information content (AvgIpc) is 2.85. The van der Waals surface area contributed by atoms with Crippen LogP contribution < -0.4 is 4.74 Å². The zero-order valence-corrected chi connectivity index (χ0v) is 14.4. The molecule has 2 heterocycles. The molecule has 1 aliphatic rings. The van der Waals surface area contributed by atoms with Gasteiger partial charge in [0, 0.05) is 47.4 Å². The summed E-state index contributed by atoms with van der Waals surface area (Å²) < 4.78 is 7.65. The first-order valence-corrected chi connectivity index (χ1v) is 9.84. The van der Waals surface area contributed by atoms with E-state index in [-0.39, 0.29) is 0 Å². The Bertz CT molecular complexity index is 611. The Labute approximate surface area is 138 Å². The number of hydrogen-bond donors (Lipinski definition) is 0. The molecule has 0 bridgehead atoms. The van der Waals surface area contributed by atoms with Crippen LogP contribution in [0.1, 0.15) is 5.82 Å². The van der Waals surface area contributed by atoms with Gasteiger partial charge in [0.2, 0.25) is 0 Å². The zero-order chi connectivity index (χ0) is 14.7. The van der Waals surface area contributed by atoms with Gasteiger partial charge in [0.1, 0.15) is 11.6 Å². The van der Waals surface area contributed by atoms with E-state index in [1.165, 1.54) is 22.8 Å². The quantitative estimate of drug-likeness (QED) is 0.775. The molecule has 2 aromatic rings. The number of fused-ring (bicyclic) bond motifs is 1. The molecule has 0 aliphatic carbocycles. The number of aryl methyl sites for hydroxylation is 1. The predicted octanol–water partition coefficient (Wildman–Crippen LogP) is 3.67. The van der Waals surface area contributed by atoms with E-state index >= 15 is 0 Å². The highest BCUT2D eigenvalue weighted by Crippen LogP contribution is 2.28. The minimum absolute atomic E-state index is 0.604. The molecule has 1 aliphatic heterocycles. The van der Waals surface area contributed by atoms with Crippen molar-refractivity contribution in [2.24, 2.45) is 0 Å². The lowest BCUT2D eigenvalue weighted by Crippen LogP contribution is -2.21. The Morgan fingerprint density at radius 2 is 2.33 bits per heavy atom. The van der Waals surface area contributed by atoms with Crippen LogP contribution in [0.25, 0.3) is 11.0 Å². The van der Waals surface area contributed by atoms with Crippen LogP contribution >= 0.6 is 35.1 Å². The van der Waals surface area contributed by atoms with Crippen molar-refractivity contribution in [1.82, 2.24) is 9.55 Å². The molecule has 0 amide bonds. The maximum atomic E-state index is 5.95. The second-order valence-electron chi connectivity index (χ2n) is 5.00. The van der Waals surface area contributed by atoms with Crippen molar-refractivity contribution in [3.63, 3.8) is 0 Å². The Balaban J connectivity index is 1.94. The fourth-order valence-electron chi connectivity index (χ4n) is 2.61. The topological polar surface area (TPSA) is 27.1 Å². The molecular weight excluding hydrogens is 324 g/mol. The largest absolute Gasteiger partial charge is 0.497 e. The molecular formula is C15H19ClN2OS2. The number of ether oxygens (including phenoxy) is 1. The molecule has 21 heavy (non-hydrogen) atoms. The van der Waals surface area contributed by atoms with Gasteiger partial charge >= 0.3 is 0 Å². The lowest BCUT2D eigenvalue weighted by atomic mass is 10.3. The van der Waals surface area contributed by atoms with Crippen molar-refractivity contribution in [3.8, 4) is 5.75 Å². The van der Waals surface area contributed by atoms with Crippen LogP contribution in [0, 0.1) is 0 Å². The zero-order valence-electron chi connectivity index (χ0n) is 12.0. The third-order valence-electron chi connectivity index (χ3n) is 3.62. The molecule has 0 saturated carbocycles. The molecule has 6 heteroatoms. The number of thioether (sulfide) groups is 2. The summed E-state index contributed by atoms with van der Waals surface area (Å²) in [5, 5.41) is 0.664. The van der Waals surface area contributed by atoms with Crippen LogP contribution in [0.15, 0.2) is 18.2 Å². The summed E-state index contributed by atoms with van der Waals surface area (Å²) in [6.07, 6.45) is 0.809. The Hall–Kier alpha value is -0.520. The Kier molecular flexibility index (Phi) is 5.24. The maximum absolute atomic E-state index is 5.95. The van der Waals surface area contributed by atoms with E-state index in [1.54, 1.807) is 7.11 Å². The summed E-state index contributed by atoms with van der Waals surface area (Å²) in [4.78, 5) is 4.76. The lowest BCUT2D eigenvalue weighted by Gasteiger charge is -2.22. The Morgan fingerprint density at radius 1 is 1.43 bits per heavy atom. The van der Waals surface area contributed by atoms with Crippen LogP contribution in [0.4, 0.5) is 0 Å². The number of hydrogen-bond acceptors (Lipinski definition) is 4. The van der Waals surface area contributed by atoms with E-state index < -0.39 is 0 Å². The summed E-state index contributed by atoms with van der Waals surface area (Å²) in [5.74, 6) is 6.29. The monoisotopic (exact) mass is 342 g/mol. The van der Waals surface area contributed by atoms with Gasteiger partial charge in [-0.05, 0) is 12.1 Å². The van der Waals surface area contributed by atoms with Gasteiger partial charge in [0.15, 0.2) is 0 Å². The molecule has 1 unspecified atom stereocenters. The fraction of sp³-hybridized carbons (Fsp3) is 0.533. The summed E-state index contributed by atoms with van der Waals surface area (Å²) >= 11 is 10.1. The first kappa shape index (κ1) is 15.4. The van der Waals surface area contributed by atoms with Gasteiger partial charge in [-0.15, -0.1) is 11.6 Å². The molecule has 1 aromatic carbocycles. The normalized spacial score (nSPS) is 19.0. The van der Waals surface area contributed by atoms with E-state index in [1.807, 2.05) is 12.1 Å². The fourth-order valence-corrected chi connectivity index (χ4v) is 5.43. The van der Waals surface area contributed by atoms with Gasteiger partial charge in [-0.1, -0.05) is 0 Å². The number of nitrogens with zero attached hydrogens (tertiary/aromatic N) is 2. The van der Waals surface area contributed by atoms with Crippen molar-refractivity contribution >= 4 is 46.2 Å². The van der Waals surface area contributed by atoms with E-state index in [2.05, 4.69) is 34.2 Å². The molecule has 3 rings (SSSR count). The summed E-state index contributed by atoms with van der Waals surface area (Å²) in [7, 11) is 1.69. The van der Waals surface area contributed by atoms with Gasteiger partial charge < -0.3 is 9.30 Å². The average molecular weight is 343 g/mol. The third kappa shape index (κ3) is 3.46. The van der Waals surface area contributed by atoms with Gasteiger partial charge in [0.05, 0.1) is 18.1 Å².